The van der Waals surface area contributed by atoms with Crippen LogP contribution in [0, 0.1) is 13.8 Å². The van der Waals surface area contributed by atoms with Gasteiger partial charge < -0.3 is 10.2 Å². The first kappa shape index (κ1) is 15.5. The highest BCUT2D eigenvalue weighted by Crippen LogP contribution is 2.42. The minimum atomic E-state index is 0.257. The summed E-state index contributed by atoms with van der Waals surface area (Å²) < 4.78 is 0. The number of nitrogens with zero attached hydrogens (tertiary/aromatic N) is 1. The smallest absolute Gasteiger partial charge is 0.0507 e. The summed E-state index contributed by atoms with van der Waals surface area (Å²) in [6.45, 7) is 4.42. The van der Waals surface area contributed by atoms with Gasteiger partial charge in [0.1, 0.15) is 0 Å². The maximum absolute atomic E-state index is 3.63. The quantitative estimate of drug-likeness (QED) is 0.897. The first-order valence-corrected chi connectivity index (χ1v) is 7.93. The summed E-state index contributed by atoms with van der Waals surface area (Å²) in [5.41, 5.74) is 4.49. The normalized spacial score (nSPS) is 20.1. The van der Waals surface area contributed by atoms with E-state index in [1.54, 1.807) is 0 Å². The topological polar surface area (TPSA) is 15.3 Å². The molecule has 1 aliphatic rings. The summed E-state index contributed by atoms with van der Waals surface area (Å²) in [5.74, 6) is 0. The van der Waals surface area contributed by atoms with Gasteiger partial charge in [0.05, 0.1) is 6.04 Å². The van der Waals surface area contributed by atoms with E-state index in [4.69, 9.17) is 0 Å². The van der Waals surface area contributed by atoms with E-state index in [-0.39, 0.29) is 5.54 Å². The maximum Gasteiger partial charge on any atom is 0.0507 e. The van der Waals surface area contributed by atoms with Gasteiger partial charge in [-0.2, -0.15) is 0 Å². The summed E-state index contributed by atoms with van der Waals surface area (Å²) in [5, 5.41) is 3.63. The molecule has 0 saturated heterocycles. The molecule has 112 valence electrons. The third-order valence-corrected chi connectivity index (χ3v) is 5.17. The monoisotopic (exact) mass is 274 g/mol. The molecule has 1 fully saturated rings. The lowest BCUT2D eigenvalue weighted by atomic mass is 9.72. The van der Waals surface area contributed by atoms with Gasteiger partial charge in [-0.3, -0.25) is 0 Å². The molecule has 2 rings (SSSR count). The van der Waals surface area contributed by atoms with Crippen molar-refractivity contribution in [1.29, 1.82) is 0 Å². The molecule has 1 aromatic rings. The highest BCUT2D eigenvalue weighted by molar-refractivity contribution is 5.35. The lowest BCUT2D eigenvalue weighted by molar-refractivity contribution is 0.0592. The number of nitrogens with one attached hydrogen (secondary N) is 1. The minimum absolute atomic E-state index is 0.257. The Morgan fingerprint density at radius 1 is 1.10 bits per heavy atom. The van der Waals surface area contributed by atoms with E-state index in [1.165, 1.54) is 48.8 Å². The van der Waals surface area contributed by atoms with Crippen molar-refractivity contribution >= 4 is 0 Å². The summed E-state index contributed by atoms with van der Waals surface area (Å²) in [6, 6.07) is 7.30. The van der Waals surface area contributed by atoms with Crippen LogP contribution >= 0.6 is 0 Å². The van der Waals surface area contributed by atoms with Crippen molar-refractivity contribution in [1.82, 2.24) is 10.2 Å². The molecule has 0 aromatic heterocycles. The molecule has 1 saturated carbocycles. The predicted molar refractivity (Wildman–Crippen MR) is 87.2 cm³/mol. The van der Waals surface area contributed by atoms with E-state index >= 15 is 0 Å². The fourth-order valence-electron chi connectivity index (χ4n) is 4.02. The van der Waals surface area contributed by atoms with Crippen molar-refractivity contribution in [2.24, 2.45) is 0 Å². The molecule has 1 aliphatic carbocycles. The van der Waals surface area contributed by atoms with Gasteiger partial charge >= 0.3 is 0 Å². The SMILES string of the molecule is CNC(c1ccc(C)cc1C)C1(N(C)C)CCCCC1. The maximum atomic E-state index is 3.63. The van der Waals surface area contributed by atoms with Crippen LogP contribution in [-0.4, -0.2) is 31.6 Å². The number of hydrogen-bond donors (Lipinski definition) is 1. The third-order valence-electron chi connectivity index (χ3n) is 5.17. The zero-order valence-electron chi connectivity index (χ0n) is 13.8. The Balaban J connectivity index is 2.42. The molecule has 1 atom stereocenters. The van der Waals surface area contributed by atoms with E-state index < -0.39 is 0 Å². The van der Waals surface area contributed by atoms with Gasteiger partial charge in [0, 0.05) is 5.54 Å². The number of hydrogen-bond acceptors (Lipinski definition) is 2. The molecule has 0 heterocycles. The Kier molecular flexibility index (Phi) is 4.87. The second kappa shape index (κ2) is 6.28. The Morgan fingerprint density at radius 2 is 1.75 bits per heavy atom. The van der Waals surface area contributed by atoms with Crippen molar-refractivity contribution in [3.63, 3.8) is 0 Å². The molecule has 0 spiro atoms. The number of rotatable bonds is 4. The van der Waals surface area contributed by atoms with Gasteiger partial charge in [-0.1, -0.05) is 43.0 Å². The Morgan fingerprint density at radius 3 is 2.25 bits per heavy atom. The van der Waals surface area contributed by atoms with Crippen LogP contribution in [-0.2, 0) is 0 Å². The fraction of sp³-hybridized carbons (Fsp3) is 0.667. The zero-order chi connectivity index (χ0) is 14.8. The van der Waals surface area contributed by atoms with E-state index in [0.717, 1.165) is 0 Å². The first-order chi connectivity index (χ1) is 9.51. The van der Waals surface area contributed by atoms with Crippen LogP contribution in [0.5, 0.6) is 0 Å². The number of benzene rings is 1. The van der Waals surface area contributed by atoms with Crippen LogP contribution in [0.1, 0.15) is 54.8 Å². The van der Waals surface area contributed by atoms with Crippen LogP contribution < -0.4 is 5.32 Å². The highest BCUT2D eigenvalue weighted by atomic mass is 15.2. The van der Waals surface area contributed by atoms with Crippen LogP contribution in [0.25, 0.3) is 0 Å². The second-order valence-corrected chi connectivity index (χ2v) is 6.64. The van der Waals surface area contributed by atoms with Crippen molar-refractivity contribution in [3.05, 3.63) is 34.9 Å². The van der Waals surface area contributed by atoms with Crippen molar-refractivity contribution in [3.8, 4) is 0 Å². The lowest BCUT2D eigenvalue weighted by Gasteiger charge is -2.49. The van der Waals surface area contributed by atoms with Gasteiger partial charge in [-0.15, -0.1) is 0 Å². The molecule has 0 aliphatic heterocycles. The van der Waals surface area contributed by atoms with Gasteiger partial charge in [0.15, 0.2) is 0 Å². The molecule has 1 aromatic carbocycles. The first-order valence-electron chi connectivity index (χ1n) is 7.93. The molecule has 0 bridgehead atoms. The zero-order valence-corrected chi connectivity index (χ0v) is 13.8. The summed E-state index contributed by atoms with van der Waals surface area (Å²) in [4.78, 5) is 2.46. The van der Waals surface area contributed by atoms with Crippen molar-refractivity contribution in [2.75, 3.05) is 21.1 Å². The largest absolute Gasteiger partial charge is 0.311 e. The van der Waals surface area contributed by atoms with E-state index in [0.29, 0.717) is 6.04 Å². The Bertz CT molecular complexity index is 445. The van der Waals surface area contributed by atoms with Crippen LogP contribution in [0.3, 0.4) is 0 Å². The summed E-state index contributed by atoms with van der Waals surface area (Å²) in [6.07, 6.45) is 6.67. The minimum Gasteiger partial charge on any atom is -0.311 e. The summed E-state index contributed by atoms with van der Waals surface area (Å²) >= 11 is 0. The number of likely N-dealkylation sites (N-methyl/N-ethyl adjacent to an activating group) is 2. The molecule has 1 unspecified atom stereocenters. The molecule has 2 nitrogen and oxygen atoms in total. The van der Waals surface area contributed by atoms with Gasteiger partial charge in [0.25, 0.3) is 0 Å². The van der Waals surface area contributed by atoms with Gasteiger partial charge in [0.2, 0.25) is 0 Å². The summed E-state index contributed by atoms with van der Waals surface area (Å²) in [7, 11) is 6.61. The third kappa shape index (κ3) is 2.77. The molecular formula is C18H30N2. The molecule has 2 heteroatoms. The average Bonchev–Trinajstić information content (AvgIpc) is 2.43. The second-order valence-electron chi connectivity index (χ2n) is 6.64. The lowest BCUT2D eigenvalue weighted by Crippen LogP contribution is -2.54. The van der Waals surface area contributed by atoms with E-state index in [9.17, 15) is 0 Å². The Hall–Kier alpha value is -0.860. The predicted octanol–water partition coefficient (Wildman–Crippen LogP) is 3.83. The van der Waals surface area contributed by atoms with Crippen LogP contribution in [0.2, 0.25) is 0 Å². The average molecular weight is 274 g/mol. The van der Waals surface area contributed by atoms with Gasteiger partial charge in [-0.05, 0) is 59.0 Å². The number of aryl methyl sites for hydroxylation is 2. The molecule has 20 heavy (non-hydrogen) atoms. The fourth-order valence-corrected chi connectivity index (χ4v) is 4.02. The molecule has 0 amide bonds. The van der Waals surface area contributed by atoms with Crippen molar-refractivity contribution in [2.45, 2.75) is 57.5 Å². The molecular weight excluding hydrogens is 244 g/mol. The van der Waals surface area contributed by atoms with Crippen LogP contribution in [0.4, 0.5) is 0 Å². The van der Waals surface area contributed by atoms with Crippen LogP contribution in [0.15, 0.2) is 18.2 Å². The molecule has 0 radical (unpaired) electrons. The van der Waals surface area contributed by atoms with Gasteiger partial charge in [-0.25, -0.2) is 0 Å². The highest BCUT2D eigenvalue weighted by Gasteiger charge is 2.42. The van der Waals surface area contributed by atoms with E-state index in [2.05, 4.69) is 63.4 Å². The Labute approximate surface area is 124 Å². The van der Waals surface area contributed by atoms with E-state index in [1.807, 2.05) is 0 Å². The standard InChI is InChI=1S/C18H30N2/c1-14-9-10-16(15(2)13-14)17(19-3)18(20(4)5)11-7-6-8-12-18/h9-10,13,17,19H,6-8,11-12H2,1-5H3. The van der Waals surface area contributed by atoms with Crippen molar-refractivity contribution < 1.29 is 0 Å². The molecule has 1 N–H and O–H groups in total.